The molecule has 0 radical (unpaired) electrons. The van der Waals surface area contributed by atoms with Gasteiger partial charge < -0.3 is 5.73 Å². The second-order valence-electron chi connectivity index (χ2n) is 4.52. The molecule has 1 aromatic carbocycles. The summed E-state index contributed by atoms with van der Waals surface area (Å²) in [5, 5.41) is 0. The smallest absolute Gasteiger partial charge is 0.324 e. The molecule has 0 amide bonds. The summed E-state index contributed by atoms with van der Waals surface area (Å²) in [4.78, 5) is 0. The third kappa shape index (κ3) is 3.22. The van der Waals surface area contributed by atoms with E-state index in [0.29, 0.717) is 11.5 Å². The predicted octanol–water partition coefficient (Wildman–Crippen LogP) is 4.27. The largest absolute Gasteiger partial charge is 0.417 e. The fourth-order valence-corrected chi connectivity index (χ4v) is 2.31. The van der Waals surface area contributed by atoms with Crippen LogP contribution in [0.15, 0.2) is 22.7 Å². The Balaban J connectivity index is 2.23. The van der Waals surface area contributed by atoms with Gasteiger partial charge in [-0.15, -0.1) is 0 Å². The molecule has 17 heavy (non-hydrogen) atoms. The Morgan fingerprint density at radius 2 is 2.00 bits per heavy atom. The van der Waals surface area contributed by atoms with Crippen molar-refractivity contribution in [2.45, 2.75) is 31.5 Å². The molecule has 1 unspecified atom stereocenters. The Labute approximate surface area is 106 Å². The standard InChI is InChI=1S/C12H13BrF3N/c13-10-4-3-8(6-9(10)12(14,15)16)11(17)5-7-1-2-7/h3-4,6-7,11H,1-2,5,17H2. The minimum absolute atomic E-state index is 0.0624. The van der Waals surface area contributed by atoms with E-state index in [0.717, 1.165) is 25.3 Å². The first-order valence-corrected chi connectivity index (χ1v) is 6.29. The van der Waals surface area contributed by atoms with Gasteiger partial charge in [0.25, 0.3) is 0 Å². The lowest BCUT2D eigenvalue weighted by Crippen LogP contribution is -2.13. The molecule has 1 fully saturated rings. The minimum Gasteiger partial charge on any atom is -0.324 e. The van der Waals surface area contributed by atoms with Gasteiger partial charge in [-0.05, 0) is 30.0 Å². The van der Waals surface area contributed by atoms with Gasteiger partial charge in [0.05, 0.1) is 5.56 Å². The van der Waals surface area contributed by atoms with Crippen molar-refractivity contribution in [3.8, 4) is 0 Å². The molecule has 94 valence electrons. The van der Waals surface area contributed by atoms with E-state index in [1.54, 1.807) is 6.07 Å². The lowest BCUT2D eigenvalue weighted by molar-refractivity contribution is -0.138. The second-order valence-corrected chi connectivity index (χ2v) is 5.38. The molecule has 1 atom stereocenters. The van der Waals surface area contributed by atoms with Gasteiger partial charge in [-0.25, -0.2) is 0 Å². The Bertz CT molecular complexity index is 413. The van der Waals surface area contributed by atoms with E-state index < -0.39 is 11.7 Å². The molecule has 0 aromatic heterocycles. The summed E-state index contributed by atoms with van der Waals surface area (Å²) < 4.78 is 38.2. The van der Waals surface area contributed by atoms with Crippen LogP contribution in [0.3, 0.4) is 0 Å². The fourth-order valence-electron chi connectivity index (χ4n) is 1.84. The highest BCUT2D eigenvalue weighted by molar-refractivity contribution is 9.10. The van der Waals surface area contributed by atoms with Gasteiger partial charge in [-0.1, -0.05) is 34.8 Å². The molecule has 0 spiro atoms. The number of hydrogen-bond donors (Lipinski definition) is 1. The first-order chi connectivity index (χ1) is 7.88. The zero-order valence-corrected chi connectivity index (χ0v) is 10.7. The topological polar surface area (TPSA) is 26.0 Å². The molecular weight excluding hydrogens is 295 g/mol. The number of rotatable bonds is 3. The molecule has 0 aliphatic heterocycles. The SMILES string of the molecule is NC(CC1CC1)c1ccc(Br)c(C(F)(F)F)c1. The van der Waals surface area contributed by atoms with E-state index in [-0.39, 0.29) is 10.5 Å². The molecule has 1 aromatic rings. The molecule has 0 heterocycles. The third-order valence-electron chi connectivity index (χ3n) is 3.01. The lowest BCUT2D eigenvalue weighted by atomic mass is 10.00. The van der Waals surface area contributed by atoms with Crippen molar-refractivity contribution in [3.63, 3.8) is 0 Å². The number of halogens is 4. The molecule has 1 saturated carbocycles. The number of nitrogens with two attached hydrogens (primary N) is 1. The normalized spacial score (nSPS) is 18.2. The number of benzene rings is 1. The van der Waals surface area contributed by atoms with Crippen molar-refractivity contribution >= 4 is 15.9 Å². The van der Waals surface area contributed by atoms with Gasteiger partial charge in [0, 0.05) is 10.5 Å². The predicted molar refractivity (Wildman–Crippen MR) is 63.4 cm³/mol. The molecule has 1 aliphatic rings. The van der Waals surface area contributed by atoms with Crippen LogP contribution < -0.4 is 5.73 Å². The maximum absolute atomic E-state index is 12.7. The van der Waals surface area contributed by atoms with E-state index in [1.807, 2.05) is 0 Å². The number of hydrogen-bond acceptors (Lipinski definition) is 1. The van der Waals surface area contributed by atoms with Crippen molar-refractivity contribution in [1.82, 2.24) is 0 Å². The highest BCUT2D eigenvalue weighted by Crippen LogP contribution is 2.39. The van der Waals surface area contributed by atoms with Gasteiger partial charge in [-0.3, -0.25) is 0 Å². The summed E-state index contributed by atoms with van der Waals surface area (Å²) in [7, 11) is 0. The Morgan fingerprint density at radius 3 is 2.53 bits per heavy atom. The van der Waals surface area contributed by atoms with Crippen molar-refractivity contribution in [3.05, 3.63) is 33.8 Å². The van der Waals surface area contributed by atoms with Gasteiger partial charge in [0.1, 0.15) is 0 Å². The van der Waals surface area contributed by atoms with Crippen molar-refractivity contribution in [1.29, 1.82) is 0 Å². The van der Waals surface area contributed by atoms with Crippen LogP contribution in [-0.2, 0) is 6.18 Å². The maximum atomic E-state index is 12.7. The fraction of sp³-hybridized carbons (Fsp3) is 0.500. The van der Waals surface area contributed by atoms with E-state index in [9.17, 15) is 13.2 Å². The number of alkyl halides is 3. The molecule has 5 heteroatoms. The highest BCUT2D eigenvalue weighted by Gasteiger charge is 2.34. The van der Waals surface area contributed by atoms with Crippen molar-refractivity contribution < 1.29 is 13.2 Å². The van der Waals surface area contributed by atoms with Crippen molar-refractivity contribution in [2.75, 3.05) is 0 Å². The first kappa shape index (κ1) is 12.9. The molecule has 2 N–H and O–H groups in total. The first-order valence-electron chi connectivity index (χ1n) is 5.50. The van der Waals surface area contributed by atoms with E-state index in [1.165, 1.54) is 6.07 Å². The summed E-state index contributed by atoms with van der Waals surface area (Å²) in [6.45, 7) is 0. The van der Waals surface area contributed by atoms with Crippen LogP contribution in [0.1, 0.15) is 36.4 Å². The van der Waals surface area contributed by atoms with Crippen LogP contribution in [-0.4, -0.2) is 0 Å². The Kier molecular flexibility index (Phi) is 3.50. The van der Waals surface area contributed by atoms with Crippen molar-refractivity contribution in [2.24, 2.45) is 11.7 Å². The van der Waals surface area contributed by atoms with Crippen LogP contribution in [0.4, 0.5) is 13.2 Å². The van der Waals surface area contributed by atoms with E-state index >= 15 is 0 Å². The third-order valence-corrected chi connectivity index (χ3v) is 3.70. The van der Waals surface area contributed by atoms with E-state index in [4.69, 9.17) is 5.73 Å². The van der Waals surface area contributed by atoms with Gasteiger partial charge >= 0.3 is 6.18 Å². The molecule has 1 aliphatic carbocycles. The molecular formula is C12H13BrF3N. The summed E-state index contributed by atoms with van der Waals surface area (Å²) in [5.74, 6) is 0.600. The summed E-state index contributed by atoms with van der Waals surface area (Å²) >= 11 is 2.92. The second kappa shape index (κ2) is 4.61. The average molecular weight is 308 g/mol. The Morgan fingerprint density at radius 1 is 1.35 bits per heavy atom. The van der Waals surface area contributed by atoms with Gasteiger partial charge in [0.2, 0.25) is 0 Å². The summed E-state index contributed by atoms with van der Waals surface area (Å²) in [5.41, 5.74) is 5.83. The monoisotopic (exact) mass is 307 g/mol. The molecule has 1 nitrogen and oxygen atoms in total. The van der Waals surface area contributed by atoms with Gasteiger partial charge in [-0.2, -0.15) is 13.2 Å². The van der Waals surface area contributed by atoms with Crippen LogP contribution in [0.25, 0.3) is 0 Å². The minimum atomic E-state index is -4.34. The van der Waals surface area contributed by atoms with Crippen LogP contribution in [0.5, 0.6) is 0 Å². The molecule has 0 saturated heterocycles. The average Bonchev–Trinajstić information content (AvgIpc) is 3.00. The summed E-state index contributed by atoms with van der Waals surface area (Å²) in [6.07, 6.45) is -1.26. The zero-order chi connectivity index (χ0) is 12.6. The lowest BCUT2D eigenvalue weighted by Gasteiger charge is -2.15. The highest BCUT2D eigenvalue weighted by atomic mass is 79.9. The van der Waals surface area contributed by atoms with E-state index in [2.05, 4.69) is 15.9 Å². The Hall–Kier alpha value is -0.550. The molecule has 0 bridgehead atoms. The zero-order valence-electron chi connectivity index (χ0n) is 9.10. The van der Waals surface area contributed by atoms with Gasteiger partial charge in [0.15, 0.2) is 0 Å². The molecule has 2 rings (SSSR count). The summed E-state index contributed by atoms with van der Waals surface area (Å²) in [6, 6.07) is 3.94. The maximum Gasteiger partial charge on any atom is 0.417 e. The van der Waals surface area contributed by atoms with Crippen LogP contribution in [0.2, 0.25) is 0 Å². The van der Waals surface area contributed by atoms with Crippen LogP contribution in [0, 0.1) is 5.92 Å². The quantitative estimate of drug-likeness (QED) is 0.887. The van der Waals surface area contributed by atoms with Crippen LogP contribution >= 0.6 is 15.9 Å².